The zero-order valence-electron chi connectivity index (χ0n) is 28.8. The first-order valence-corrected chi connectivity index (χ1v) is 17.2. The van der Waals surface area contributed by atoms with E-state index in [1.807, 2.05) is 30.3 Å². The lowest BCUT2D eigenvalue weighted by Gasteiger charge is -2.31. The number of carbonyl (C=O) groups is 4. The lowest BCUT2D eigenvalue weighted by Crippen LogP contribution is -2.55. The summed E-state index contributed by atoms with van der Waals surface area (Å²) in [5.74, 6) is -0.323. The summed E-state index contributed by atoms with van der Waals surface area (Å²) in [6, 6.07) is 15.1. The molecule has 0 aromatic heterocycles. The predicted octanol–water partition coefficient (Wildman–Crippen LogP) is 5.64. The summed E-state index contributed by atoms with van der Waals surface area (Å²) < 4.78 is 22.3. The second kappa shape index (κ2) is 17.9. The van der Waals surface area contributed by atoms with Crippen LogP contribution in [0.4, 0.5) is 10.5 Å². The van der Waals surface area contributed by atoms with E-state index in [1.165, 1.54) is 4.90 Å². The molecule has 48 heavy (non-hydrogen) atoms. The quantitative estimate of drug-likeness (QED) is 0.155. The number of para-hydroxylation sites is 2. The first-order valence-electron chi connectivity index (χ1n) is 17.2. The van der Waals surface area contributed by atoms with Crippen LogP contribution in [-0.4, -0.2) is 79.4 Å². The molecule has 11 nitrogen and oxygen atoms in total. The third kappa shape index (κ3) is 11.2. The fourth-order valence-electron chi connectivity index (χ4n) is 6.07. The maximum absolute atomic E-state index is 13.8. The van der Waals surface area contributed by atoms with Crippen LogP contribution in [0.15, 0.2) is 54.6 Å². The topological polar surface area (TPSA) is 124 Å². The summed E-state index contributed by atoms with van der Waals surface area (Å²) in [4.78, 5) is 55.3. The van der Waals surface area contributed by atoms with E-state index in [-0.39, 0.29) is 38.4 Å². The van der Waals surface area contributed by atoms with Crippen molar-refractivity contribution in [2.24, 2.45) is 5.92 Å². The highest BCUT2D eigenvalue weighted by molar-refractivity contribution is 6.02. The lowest BCUT2D eigenvalue weighted by molar-refractivity contribution is -0.154. The standard InChI is InChI=1S/C37H51N3O8/c1-5-45-35(43)29(17-11-7-8-14-27-20-22-39(23-21-27)36(44)47-25-28-15-9-6-10-16-28)38-30-26-46-32-19-13-12-18-31(32)40(34(30)42)24-33(41)48-37(2,3)4/h6,9-10,12-13,15-16,18-19,27,29-30,38H,5,7-8,11,14,17,20-26H2,1-4H3/t29-,30-/m0/s1. The van der Waals surface area contributed by atoms with Crippen LogP contribution in [0.5, 0.6) is 5.75 Å². The lowest BCUT2D eigenvalue weighted by atomic mass is 9.91. The van der Waals surface area contributed by atoms with E-state index in [1.54, 1.807) is 56.9 Å². The molecular weight excluding hydrogens is 614 g/mol. The maximum atomic E-state index is 13.8. The van der Waals surface area contributed by atoms with E-state index < -0.39 is 29.6 Å². The molecule has 0 spiro atoms. The molecular formula is C37H51N3O8. The number of nitrogens with zero attached hydrogens (tertiary/aromatic N) is 2. The first kappa shape index (κ1) is 36.7. The van der Waals surface area contributed by atoms with Gasteiger partial charge in [0, 0.05) is 13.1 Å². The minimum absolute atomic E-state index is 0.00489. The molecule has 2 aliphatic rings. The molecule has 0 bridgehead atoms. The summed E-state index contributed by atoms with van der Waals surface area (Å²) in [7, 11) is 0. The number of nitrogens with one attached hydrogen (secondary N) is 1. The fourth-order valence-corrected chi connectivity index (χ4v) is 6.07. The Hall–Kier alpha value is -4.12. The number of ether oxygens (including phenoxy) is 4. The van der Waals surface area contributed by atoms with Gasteiger partial charge in [-0.3, -0.25) is 24.6 Å². The minimum atomic E-state index is -0.876. The van der Waals surface area contributed by atoms with E-state index in [0.29, 0.717) is 36.9 Å². The number of hydrogen-bond donors (Lipinski definition) is 1. The zero-order valence-corrected chi connectivity index (χ0v) is 28.8. The summed E-state index contributed by atoms with van der Waals surface area (Å²) in [5, 5.41) is 3.20. The van der Waals surface area contributed by atoms with Crippen LogP contribution >= 0.6 is 0 Å². The minimum Gasteiger partial charge on any atom is -0.489 e. The molecule has 2 aliphatic heterocycles. The largest absolute Gasteiger partial charge is 0.489 e. The van der Waals surface area contributed by atoms with Crippen molar-refractivity contribution in [1.29, 1.82) is 0 Å². The van der Waals surface area contributed by atoms with Crippen molar-refractivity contribution in [3.8, 4) is 5.75 Å². The van der Waals surface area contributed by atoms with Gasteiger partial charge in [-0.15, -0.1) is 0 Å². The van der Waals surface area contributed by atoms with Crippen molar-refractivity contribution in [2.75, 3.05) is 37.7 Å². The monoisotopic (exact) mass is 665 g/mol. The smallest absolute Gasteiger partial charge is 0.410 e. The normalized spacial score (nSPS) is 17.5. The second-order valence-electron chi connectivity index (χ2n) is 13.4. The van der Waals surface area contributed by atoms with E-state index >= 15 is 0 Å². The Bertz CT molecular complexity index is 1350. The molecule has 2 atom stereocenters. The number of rotatable bonds is 14. The fraction of sp³-hybridized carbons (Fsp3) is 0.568. The molecule has 2 heterocycles. The Morgan fingerprint density at radius 1 is 0.958 bits per heavy atom. The number of esters is 2. The molecule has 1 fully saturated rings. The van der Waals surface area contributed by atoms with Crippen LogP contribution in [0.1, 0.15) is 78.2 Å². The van der Waals surface area contributed by atoms with E-state index in [9.17, 15) is 19.2 Å². The van der Waals surface area contributed by atoms with Crippen molar-refractivity contribution in [1.82, 2.24) is 10.2 Å². The average molecular weight is 666 g/mol. The highest BCUT2D eigenvalue weighted by Gasteiger charge is 2.36. The van der Waals surface area contributed by atoms with Crippen LogP contribution in [0.25, 0.3) is 0 Å². The Balaban J connectivity index is 1.25. The summed E-state index contributed by atoms with van der Waals surface area (Å²) in [5.41, 5.74) is 0.740. The molecule has 2 amide bonds. The molecule has 0 aliphatic carbocycles. The summed E-state index contributed by atoms with van der Waals surface area (Å²) >= 11 is 0. The van der Waals surface area contributed by atoms with Gasteiger partial charge in [-0.1, -0.05) is 68.1 Å². The van der Waals surface area contributed by atoms with Gasteiger partial charge in [-0.05, 0) is 70.6 Å². The first-order chi connectivity index (χ1) is 23.0. The third-order valence-corrected chi connectivity index (χ3v) is 8.49. The number of fused-ring (bicyclic) bond motifs is 1. The van der Waals surface area contributed by atoms with Crippen LogP contribution in [-0.2, 0) is 35.2 Å². The number of carbonyl (C=O) groups excluding carboxylic acids is 4. The number of unbranched alkanes of at least 4 members (excludes halogenated alkanes) is 2. The third-order valence-electron chi connectivity index (χ3n) is 8.49. The number of likely N-dealkylation sites (tertiary alicyclic amines) is 1. The second-order valence-corrected chi connectivity index (χ2v) is 13.4. The molecule has 0 unspecified atom stereocenters. The van der Waals surface area contributed by atoms with Gasteiger partial charge in [0.15, 0.2) is 0 Å². The van der Waals surface area contributed by atoms with Gasteiger partial charge in [0.25, 0.3) is 0 Å². The number of hydrogen-bond acceptors (Lipinski definition) is 9. The molecule has 1 saturated heterocycles. The average Bonchev–Trinajstić information content (AvgIpc) is 3.19. The van der Waals surface area contributed by atoms with Gasteiger partial charge < -0.3 is 23.8 Å². The van der Waals surface area contributed by atoms with Crippen molar-refractivity contribution in [2.45, 2.75) is 96.9 Å². The highest BCUT2D eigenvalue weighted by Crippen LogP contribution is 2.31. The van der Waals surface area contributed by atoms with Crippen LogP contribution < -0.4 is 15.0 Å². The number of amides is 2. The van der Waals surface area contributed by atoms with Gasteiger partial charge in [0.1, 0.15) is 43.2 Å². The molecule has 4 rings (SSSR count). The van der Waals surface area contributed by atoms with Crippen molar-refractivity contribution in [3.05, 3.63) is 60.2 Å². The van der Waals surface area contributed by atoms with Gasteiger partial charge >= 0.3 is 18.0 Å². The zero-order chi connectivity index (χ0) is 34.5. The molecule has 2 aromatic rings. The van der Waals surface area contributed by atoms with Crippen LogP contribution in [0, 0.1) is 5.92 Å². The Kier molecular flexibility index (Phi) is 13.7. The van der Waals surface area contributed by atoms with Crippen molar-refractivity contribution < 1.29 is 38.1 Å². The van der Waals surface area contributed by atoms with Gasteiger partial charge in [0.2, 0.25) is 5.91 Å². The Labute approximate surface area is 284 Å². The molecule has 1 N–H and O–H groups in total. The van der Waals surface area contributed by atoms with Gasteiger partial charge in [0.05, 0.1) is 12.3 Å². The SMILES string of the molecule is CCOC(=O)[C@H](CCCCCC1CCN(C(=O)OCc2ccccc2)CC1)N[C@H]1COc2ccccc2N(CC(=O)OC(C)(C)C)C1=O. The molecule has 0 saturated carbocycles. The Morgan fingerprint density at radius 2 is 1.67 bits per heavy atom. The predicted molar refractivity (Wildman–Crippen MR) is 181 cm³/mol. The van der Waals surface area contributed by atoms with Gasteiger partial charge in [-0.25, -0.2) is 4.79 Å². The summed E-state index contributed by atoms with van der Waals surface area (Å²) in [6.07, 6.45) is 5.86. The van der Waals surface area contributed by atoms with Crippen LogP contribution in [0.2, 0.25) is 0 Å². The number of benzene rings is 2. The Morgan fingerprint density at radius 3 is 2.38 bits per heavy atom. The van der Waals surface area contributed by atoms with E-state index in [4.69, 9.17) is 18.9 Å². The van der Waals surface area contributed by atoms with Gasteiger partial charge in [-0.2, -0.15) is 0 Å². The van der Waals surface area contributed by atoms with E-state index in [2.05, 4.69) is 5.32 Å². The van der Waals surface area contributed by atoms with Crippen molar-refractivity contribution >= 4 is 29.6 Å². The molecule has 2 aromatic carbocycles. The van der Waals surface area contributed by atoms with Crippen molar-refractivity contribution in [3.63, 3.8) is 0 Å². The molecule has 11 heteroatoms. The van der Waals surface area contributed by atoms with E-state index in [0.717, 1.165) is 44.1 Å². The number of anilines is 1. The highest BCUT2D eigenvalue weighted by atomic mass is 16.6. The molecule has 262 valence electrons. The molecule has 0 radical (unpaired) electrons. The summed E-state index contributed by atoms with van der Waals surface area (Å²) in [6.45, 7) is 8.67. The van der Waals surface area contributed by atoms with Crippen LogP contribution in [0.3, 0.4) is 0 Å². The number of piperidine rings is 1. The maximum Gasteiger partial charge on any atom is 0.410 e.